The maximum atomic E-state index is 13.0. The van der Waals surface area contributed by atoms with E-state index in [0.29, 0.717) is 18.1 Å². The molecule has 1 N–H and O–H groups in total. The number of hydrogen-bond donors (Lipinski definition) is 1. The first kappa shape index (κ1) is 17.8. The second-order valence-corrected chi connectivity index (χ2v) is 5.04. The number of pyridine rings is 1. The molecule has 0 spiro atoms. The highest BCUT2D eigenvalue weighted by molar-refractivity contribution is 5.95. The molecule has 4 nitrogen and oxygen atoms in total. The van der Waals surface area contributed by atoms with Gasteiger partial charge in [0.2, 0.25) is 5.88 Å². The van der Waals surface area contributed by atoms with E-state index >= 15 is 0 Å². The van der Waals surface area contributed by atoms with Crippen molar-refractivity contribution in [2.45, 2.75) is 26.1 Å². The van der Waals surface area contributed by atoms with Crippen molar-refractivity contribution in [3.05, 3.63) is 59.3 Å². The molecular weight excluding hydrogens is 321 g/mol. The van der Waals surface area contributed by atoms with Crippen LogP contribution in [0.5, 0.6) is 5.88 Å². The molecule has 0 saturated heterocycles. The van der Waals surface area contributed by atoms with Crippen LogP contribution in [0.2, 0.25) is 0 Å². The molecule has 0 atom stereocenters. The van der Waals surface area contributed by atoms with Gasteiger partial charge in [0.15, 0.2) is 0 Å². The fourth-order valence-electron chi connectivity index (χ4n) is 2.09. The zero-order chi connectivity index (χ0) is 17.6. The quantitative estimate of drug-likeness (QED) is 0.871. The highest BCUT2D eigenvalue weighted by Gasteiger charge is 2.34. The molecule has 2 rings (SSSR count). The maximum Gasteiger partial charge on any atom is 0.417 e. The highest BCUT2D eigenvalue weighted by Crippen LogP contribution is 2.31. The Morgan fingerprint density at radius 2 is 1.96 bits per heavy atom. The van der Waals surface area contributed by atoms with Crippen molar-refractivity contribution in [2.24, 2.45) is 0 Å². The van der Waals surface area contributed by atoms with Crippen molar-refractivity contribution >= 4 is 5.91 Å². The molecule has 0 aliphatic rings. The minimum absolute atomic E-state index is 0.0257. The van der Waals surface area contributed by atoms with Gasteiger partial charge in [-0.2, -0.15) is 13.2 Å². The van der Waals surface area contributed by atoms with E-state index in [2.05, 4.69) is 10.3 Å². The van der Waals surface area contributed by atoms with Gasteiger partial charge in [-0.1, -0.05) is 25.1 Å². The Morgan fingerprint density at radius 3 is 2.67 bits per heavy atom. The number of halogens is 3. The third kappa shape index (κ3) is 4.47. The summed E-state index contributed by atoms with van der Waals surface area (Å²) in [5.74, 6) is -0.433. The van der Waals surface area contributed by atoms with Gasteiger partial charge in [-0.05, 0) is 24.6 Å². The van der Waals surface area contributed by atoms with E-state index in [0.717, 1.165) is 18.6 Å². The standard InChI is InChI=1S/C17H17F3N2O2/c1-2-10-24-16-12(6-5-9-21-16)11-22-15(23)13-7-3-4-8-14(13)17(18,19)20/h3-9H,2,10-11H2,1H3,(H,22,23). The van der Waals surface area contributed by atoms with E-state index in [1.54, 1.807) is 18.3 Å². The number of nitrogens with one attached hydrogen (secondary N) is 1. The molecule has 24 heavy (non-hydrogen) atoms. The van der Waals surface area contributed by atoms with E-state index in [1.807, 2.05) is 6.92 Å². The molecule has 1 aromatic carbocycles. The molecule has 2 aromatic rings. The van der Waals surface area contributed by atoms with Crippen LogP contribution in [-0.4, -0.2) is 17.5 Å². The molecule has 0 aliphatic heterocycles. The second kappa shape index (κ2) is 7.81. The van der Waals surface area contributed by atoms with Crippen molar-refractivity contribution in [3.8, 4) is 5.88 Å². The number of ether oxygens (including phenoxy) is 1. The predicted octanol–water partition coefficient (Wildman–Crippen LogP) is 3.82. The number of aromatic nitrogens is 1. The number of carbonyl (C=O) groups is 1. The third-order valence-corrected chi connectivity index (χ3v) is 3.21. The Labute approximate surface area is 137 Å². The average molecular weight is 338 g/mol. The number of hydrogen-bond acceptors (Lipinski definition) is 3. The van der Waals surface area contributed by atoms with Crippen LogP contribution in [-0.2, 0) is 12.7 Å². The Balaban J connectivity index is 2.13. The van der Waals surface area contributed by atoms with Crippen LogP contribution >= 0.6 is 0 Å². The molecule has 1 amide bonds. The summed E-state index contributed by atoms with van der Waals surface area (Å²) in [6.07, 6.45) is -2.24. The number of rotatable bonds is 6. The lowest BCUT2D eigenvalue weighted by Crippen LogP contribution is -2.26. The third-order valence-electron chi connectivity index (χ3n) is 3.21. The predicted molar refractivity (Wildman–Crippen MR) is 82.6 cm³/mol. The molecule has 0 bridgehead atoms. The zero-order valence-electron chi connectivity index (χ0n) is 13.1. The minimum Gasteiger partial charge on any atom is -0.477 e. The van der Waals surface area contributed by atoms with Crippen molar-refractivity contribution in [1.82, 2.24) is 10.3 Å². The van der Waals surface area contributed by atoms with Crippen molar-refractivity contribution in [1.29, 1.82) is 0 Å². The summed E-state index contributed by atoms with van der Waals surface area (Å²) in [6, 6.07) is 8.05. The summed E-state index contributed by atoms with van der Waals surface area (Å²) in [4.78, 5) is 16.2. The van der Waals surface area contributed by atoms with Gasteiger partial charge in [0, 0.05) is 18.3 Å². The topological polar surface area (TPSA) is 51.2 Å². The molecule has 0 saturated carbocycles. The Morgan fingerprint density at radius 1 is 1.21 bits per heavy atom. The number of amides is 1. The van der Waals surface area contributed by atoms with Crippen molar-refractivity contribution in [3.63, 3.8) is 0 Å². The summed E-state index contributed by atoms with van der Waals surface area (Å²) in [5.41, 5.74) is -0.773. The molecule has 1 aromatic heterocycles. The summed E-state index contributed by atoms with van der Waals surface area (Å²) >= 11 is 0. The smallest absolute Gasteiger partial charge is 0.417 e. The summed E-state index contributed by atoms with van der Waals surface area (Å²) in [7, 11) is 0. The SMILES string of the molecule is CCCOc1ncccc1CNC(=O)c1ccccc1C(F)(F)F. The van der Waals surface area contributed by atoms with Gasteiger partial charge in [-0.15, -0.1) is 0 Å². The lowest BCUT2D eigenvalue weighted by molar-refractivity contribution is -0.137. The van der Waals surface area contributed by atoms with E-state index in [1.165, 1.54) is 12.1 Å². The fourth-order valence-corrected chi connectivity index (χ4v) is 2.09. The van der Waals surface area contributed by atoms with E-state index in [-0.39, 0.29) is 6.54 Å². The van der Waals surface area contributed by atoms with Crippen LogP contribution in [0.25, 0.3) is 0 Å². The van der Waals surface area contributed by atoms with Gasteiger partial charge in [0.25, 0.3) is 5.91 Å². The fraction of sp³-hybridized carbons (Fsp3) is 0.294. The van der Waals surface area contributed by atoms with Crippen LogP contribution in [0.1, 0.15) is 34.8 Å². The van der Waals surface area contributed by atoms with Gasteiger partial charge < -0.3 is 10.1 Å². The van der Waals surface area contributed by atoms with Crippen LogP contribution in [0.15, 0.2) is 42.6 Å². The first-order chi connectivity index (χ1) is 11.4. The molecule has 0 radical (unpaired) electrons. The number of benzene rings is 1. The van der Waals surface area contributed by atoms with E-state index in [4.69, 9.17) is 4.74 Å². The monoisotopic (exact) mass is 338 g/mol. The second-order valence-electron chi connectivity index (χ2n) is 5.04. The maximum absolute atomic E-state index is 13.0. The first-order valence-corrected chi connectivity index (χ1v) is 7.44. The lowest BCUT2D eigenvalue weighted by Gasteiger charge is -2.13. The molecule has 1 heterocycles. The van der Waals surface area contributed by atoms with E-state index in [9.17, 15) is 18.0 Å². The van der Waals surface area contributed by atoms with Gasteiger partial charge in [-0.25, -0.2) is 4.98 Å². The highest BCUT2D eigenvalue weighted by atomic mass is 19.4. The average Bonchev–Trinajstić information content (AvgIpc) is 2.57. The molecule has 0 unspecified atom stereocenters. The van der Waals surface area contributed by atoms with Crippen LogP contribution in [0.3, 0.4) is 0 Å². The summed E-state index contributed by atoms with van der Waals surface area (Å²) < 4.78 is 44.4. The molecule has 128 valence electrons. The van der Waals surface area contributed by atoms with Crippen molar-refractivity contribution in [2.75, 3.05) is 6.61 Å². The number of carbonyl (C=O) groups excluding carboxylic acids is 1. The Bertz CT molecular complexity index is 702. The normalized spacial score (nSPS) is 11.2. The van der Waals surface area contributed by atoms with Gasteiger partial charge in [0.1, 0.15) is 0 Å². The first-order valence-electron chi connectivity index (χ1n) is 7.44. The summed E-state index contributed by atoms with van der Waals surface area (Å²) in [6.45, 7) is 2.44. The van der Waals surface area contributed by atoms with Crippen molar-refractivity contribution < 1.29 is 22.7 Å². The number of alkyl halides is 3. The number of nitrogens with zero attached hydrogens (tertiary/aromatic N) is 1. The van der Waals surface area contributed by atoms with Crippen LogP contribution in [0, 0.1) is 0 Å². The van der Waals surface area contributed by atoms with E-state index < -0.39 is 23.2 Å². The zero-order valence-corrected chi connectivity index (χ0v) is 13.1. The molecule has 0 aliphatic carbocycles. The minimum atomic E-state index is -4.59. The van der Waals surface area contributed by atoms with Gasteiger partial charge >= 0.3 is 6.18 Å². The molecular formula is C17H17F3N2O2. The summed E-state index contributed by atoms with van der Waals surface area (Å²) in [5, 5.41) is 2.49. The lowest BCUT2D eigenvalue weighted by atomic mass is 10.1. The Hall–Kier alpha value is -2.57. The largest absolute Gasteiger partial charge is 0.477 e. The van der Waals surface area contributed by atoms with Crippen LogP contribution in [0.4, 0.5) is 13.2 Å². The van der Waals surface area contributed by atoms with Gasteiger partial charge in [0.05, 0.1) is 17.7 Å². The van der Waals surface area contributed by atoms with Crippen LogP contribution < -0.4 is 10.1 Å². The molecule has 0 fully saturated rings. The Kier molecular flexibility index (Phi) is 5.78. The molecule has 7 heteroatoms. The van der Waals surface area contributed by atoms with Gasteiger partial charge in [-0.3, -0.25) is 4.79 Å².